The third-order valence-corrected chi connectivity index (χ3v) is 19.8. The van der Waals surface area contributed by atoms with E-state index in [4.69, 9.17) is 14.2 Å². The van der Waals surface area contributed by atoms with E-state index in [0.29, 0.717) is 36.7 Å². The first kappa shape index (κ1) is 40.6. The highest BCUT2D eigenvalue weighted by Crippen LogP contribution is 2.84. The van der Waals surface area contributed by atoms with Crippen LogP contribution in [0, 0.1) is 73.4 Å². The fourth-order valence-corrected chi connectivity index (χ4v) is 17.9. The van der Waals surface area contributed by atoms with Gasteiger partial charge in [-0.05, 0) is 128 Å². The van der Waals surface area contributed by atoms with E-state index in [1.165, 1.54) is 37.7 Å². The first-order valence-corrected chi connectivity index (χ1v) is 22.6. The molecule has 1 aliphatic heterocycles. The summed E-state index contributed by atoms with van der Waals surface area (Å²) in [6.45, 7) is 12.7. The van der Waals surface area contributed by atoms with Crippen molar-refractivity contribution < 1.29 is 49.3 Å². The summed E-state index contributed by atoms with van der Waals surface area (Å²) in [6, 6.07) is 0. The van der Waals surface area contributed by atoms with Gasteiger partial charge >= 0.3 is 11.9 Å². The topological polar surface area (TPSA) is 163 Å². The summed E-state index contributed by atoms with van der Waals surface area (Å²) < 4.78 is 18.3. The molecule has 0 unspecified atom stereocenters. The average molecular weight is 795 g/mol. The maximum absolute atomic E-state index is 14.3. The molecule has 5 N–H and O–H groups in total. The van der Waals surface area contributed by atoms with E-state index < -0.39 is 53.5 Å². The van der Waals surface area contributed by atoms with Crippen molar-refractivity contribution in [3.8, 4) is 0 Å². The summed E-state index contributed by atoms with van der Waals surface area (Å²) in [4.78, 5) is 26.2. The number of hydrogen-bond donors (Lipinski definition) is 5. The zero-order chi connectivity index (χ0) is 40.7. The minimum atomic E-state index is -1.76. The van der Waals surface area contributed by atoms with E-state index in [2.05, 4.69) is 52.8 Å². The SMILES string of the molecule is COC[C@@H]1C[C@]2(C)CC=C[C@]3(C2)C2=C[C@@H]4CC[C@@H]5C[C@H](O[C@@H]6O[C@H](C(=O)O)[C@@H](O)[C@H](O)[C@H]6O)C(C)(C)[C@@H]6CC[C@](C)([C@H]4[C@@]56C)[C@]2(C2CCCCC2)CC[C@@]13C(=O)O. The van der Waals surface area contributed by atoms with Gasteiger partial charge in [0.1, 0.15) is 18.3 Å². The Morgan fingerprint density at radius 3 is 2.30 bits per heavy atom. The Morgan fingerprint density at radius 1 is 0.877 bits per heavy atom. The van der Waals surface area contributed by atoms with Gasteiger partial charge in [-0.1, -0.05) is 77.7 Å². The lowest BCUT2D eigenvalue weighted by atomic mass is 9.25. The number of fused-ring (bicyclic) bond motifs is 3. The van der Waals surface area contributed by atoms with Crippen LogP contribution in [0.1, 0.15) is 131 Å². The van der Waals surface area contributed by atoms with Crippen LogP contribution >= 0.6 is 0 Å². The van der Waals surface area contributed by atoms with Gasteiger partial charge in [0, 0.05) is 23.9 Å². The van der Waals surface area contributed by atoms with Crippen molar-refractivity contribution in [3.63, 3.8) is 0 Å². The molecule has 0 amide bonds. The molecular formula is C47H70O10. The van der Waals surface area contributed by atoms with E-state index >= 15 is 0 Å². The molecule has 1 spiro atoms. The largest absolute Gasteiger partial charge is 0.481 e. The molecule has 57 heavy (non-hydrogen) atoms. The van der Waals surface area contributed by atoms with Crippen molar-refractivity contribution in [2.24, 2.45) is 73.4 Å². The van der Waals surface area contributed by atoms with Crippen molar-refractivity contribution in [1.29, 1.82) is 0 Å². The molecule has 0 aromatic heterocycles. The van der Waals surface area contributed by atoms with Crippen LogP contribution in [-0.4, -0.2) is 88.0 Å². The molecule has 10 nitrogen and oxygen atoms in total. The monoisotopic (exact) mass is 794 g/mol. The van der Waals surface area contributed by atoms with Crippen LogP contribution in [0.5, 0.6) is 0 Å². The number of hydrogen-bond acceptors (Lipinski definition) is 8. The maximum Gasteiger partial charge on any atom is 0.335 e. The van der Waals surface area contributed by atoms with Gasteiger partial charge in [-0.25, -0.2) is 4.79 Å². The van der Waals surface area contributed by atoms with E-state index in [1.807, 2.05) is 0 Å². The predicted octanol–water partition coefficient (Wildman–Crippen LogP) is 7.14. The van der Waals surface area contributed by atoms with E-state index in [-0.39, 0.29) is 45.0 Å². The third-order valence-electron chi connectivity index (χ3n) is 19.8. The van der Waals surface area contributed by atoms with Crippen molar-refractivity contribution in [3.05, 3.63) is 23.8 Å². The Kier molecular flexibility index (Phi) is 9.50. The van der Waals surface area contributed by atoms with Crippen LogP contribution in [0.15, 0.2) is 23.8 Å². The molecule has 0 aromatic carbocycles. The van der Waals surface area contributed by atoms with Crippen LogP contribution in [0.4, 0.5) is 0 Å². The quantitative estimate of drug-likeness (QED) is 0.132. The first-order valence-electron chi connectivity index (χ1n) is 22.6. The molecule has 10 heteroatoms. The summed E-state index contributed by atoms with van der Waals surface area (Å²) in [7, 11) is 1.75. The number of carboxylic acids is 2. The van der Waals surface area contributed by atoms with Crippen LogP contribution in [0.3, 0.4) is 0 Å². The Balaban J connectivity index is 1.16. The number of methoxy groups -OCH3 is 1. The summed E-state index contributed by atoms with van der Waals surface area (Å²) in [5, 5.41) is 53.6. The fourth-order valence-electron chi connectivity index (χ4n) is 17.9. The maximum atomic E-state index is 14.3. The molecular weight excluding hydrogens is 725 g/mol. The molecule has 6 saturated carbocycles. The van der Waals surface area contributed by atoms with Gasteiger partial charge in [0.25, 0.3) is 0 Å². The Bertz CT molecular complexity index is 1700. The van der Waals surface area contributed by atoms with Crippen molar-refractivity contribution in [2.45, 2.75) is 168 Å². The molecule has 0 radical (unpaired) electrons. The van der Waals surface area contributed by atoms with E-state index in [9.17, 15) is 35.1 Å². The highest BCUT2D eigenvalue weighted by Gasteiger charge is 2.79. The molecule has 318 valence electrons. The molecule has 9 rings (SSSR count). The van der Waals surface area contributed by atoms with E-state index in [1.54, 1.807) is 7.11 Å². The summed E-state index contributed by atoms with van der Waals surface area (Å²) >= 11 is 0. The van der Waals surface area contributed by atoms with Crippen LogP contribution in [0.2, 0.25) is 0 Å². The predicted molar refractivity (Wildman–Crippen MR) is 212 cm³/mol. The Morgan fingerprint density at radius 2 is 1.61 bits per heavy atom. The zero-order valence-corrected chi connectivity index (χ0v) is 35.3. The summed E-state index contributed by atoms with van der Waals surface area (Å²) in [6.07, 6.45) is 14.4. The van der Waals surface area contributed by atoms with Crippen LogP contribution in [0.25, 0.3) is 0 Å². The lowest BCUT2D eigenvalue weighted by Crippen LogP contribution is -2.74. The number of ether oxygens (including phenoxy) is 3. The summed E-state index contributed by atoms with van der Waals surface area (Å²) in [5.74, 6) is -0.243. The minimum absolute atomic E-state index is 0.0169. The number of aliphatic hydroxyl groups is 3. The molecule has 7 fully saturated rings. The van der Waals surface area contributed by atoms with Crippen molar-refractivity contribution in [1.82, 2.24) is 0 Å². The van der Waals surface area contributed by atoms with E-state index in [0.717, 1.165) is 57.8 Å². The lowest BCUT2D eigenvalue weighted by Gasteiger charge is -2.79. The second-order valence-electron chi connectivity index (χ2n) is 22.3. The third kappa shape index (κ3) is 5.09. The van der Waals surface area contributed by atoms with Gasteiger partial charge < -0.3 is 39.7 Å². The number of aliphatic carboxylic acids is 2. The number of rotatable bonds is 7. The van der Waals surface area contributed by atoms with Gasteiger partial charge in [-0.3, -0.25) is 4.79 Å². The van der Waals surface area contributed by atoms with Gasteiger partial charge in [-0.2, -0.15) is 0 Å². The molecule has 9 aliphatic rings. The van der Waals surface area contributed by atoms with Gasteiger partial charge in [-0.15, -0.1) is 0 Å². The lowest BCUT2D eigenvalue weighted by molar-refractivity contribution is -0.334. The molecule has 1 saturated heterocycles. The minimum Gasteiger partial charge on any atom is -0.481 e. The molecule has 2 bridgehead atoms. The Hall–Kier alpha value is -1.82. The summed E-state index contributed by atoms with van der Waals surface area (Å²) in [5.41, 5.74) is -0.477. The number of aliphatic hydroxyl groups excluding tert-OH is 3. The smallest absolute Gasteiger partial charge is 0.335 e. The second kappa shape index (κ2) is 13.3. The highest BCUT2D eigenvalue weighted by molar-refractivity contribution is 5.79. The number of carbonyl (C=O) groups is 2. The second-order valence-corrected chi connectivity index (χ2v) is 22.3. The molecule has 17 atom stereocenters. The van der Waals surface area contributed by atoms with Crippen LogP contribution < -0.4 is 0 Å². The first-order chi connectivity index (χ1) is 26.9. The molecule has 1 heterocycles. The fraction of sp³-hybridized carbons (Fsp3) is 0.872. The number of allylic oxidation sites excluding steroid dienone is 4. The standard InChI is InChI=1S/C47H70O10/c1-41(2)30-15-18-43(4)37-26(13-14-28(44(30,37)5)22-32(41)56-39-35(50)33(48)34(49)36(57-39)38(51)52)21-31-45-17-10-16-42(3,25-45)23-29(24-55-6)47(45,40(53)54)20-19-46(31,43)27-11-8-7-9-12-27/h10,17,21,26-30,32-37,39,48-50H,7-9,11-16,18-20,22-25H2,1-6H3,(H,51,52)(H,53,54)/t26-,28+,29-,30-,32-,33-,34-,35+,36-,37-,39+,42-,43+,44-,45-,46-,47-/m0/s1. The Labute approximate surface area is 339 Å². The highest BCUT2D eigenvalue weighted by atomic mass is 16.7. The van der Waals surface area contributed by atoms with Crippen molar-refractivity contribution in [2.75, 3.05) is 13.7 Å². The van der Waals surface area contributed by atoms with Gasteiger partial charge in [0.15, 0.2) is 12.4 Å². The normalized spacial score (nSPS) is 53.8. The zero-order valence-electron chi connectivity index (χ0n) is 35.3. The number of carboxylic acid groups (broad SMARTS) is 2. The van der Waals surface area contributed by atoms with Gasteiger partial charge in [0.05, 0.1) is 18.1 Å². The molecule has 0 aromatic rings. The van der Waals surface area contributed by atoms with Crippen LogP contribution in [-0.2, 0) is 23.8 Å². The van der Waals surface area contributed by atoms with Gasteiger partial charge in [0.2, 0.25) is 0 Å². The van der Waals surface area contributed by atoms with Crippen molar-refractivity contribution >= 4 is 11.9 Å². The average Bonchev–Trinajstić information content (AvgIpc) is 3.15. The molecule has 8 aliphatic carbocycles.